The minimum Gasteiger partial charge on any atom is -0.468 e. The van der Waals surface area contributed by atoms with E-state index in [1.54, 1.807) is 31.2 Å². The van der Waals surface area contributed by atoms with Gasteiger partial charge < -0.3 is 10.1 Å². The molecule has 0 bridgehead atoms. The van der Waals surface area contributed by atoms with Gasteiger partial charge in [0, 0.05) is 6.54 Å². The third-order valence-corrected chi connectivity index (χ3v) is 5.39. The Morgan fingerprint density at radius 2 is 1.83 bits per heavy atom. The van der Waals surface area contributed by atoms with Gasteiger partial charge in [-0.15, -0.1) is 0 Å². The van der Waals surface area contributed by atoms with E-state index in [4.69, 9.17) is 4.74 Å². The van der Waals surface area contributed by atoms with Crippen LogP contribution in [0.5, 0.6) is 0 Å². The molecule has 0 spiro atoms. The quantitative estimate of drug-likeness (QED) is 0.365. The predicted octanol–water partition coefficient (Wildman–Crippen LogP) is 2.37. The molecule has 3 rings (SSSR count). The van der Waals surface area contributed by atoms with Crippen LogP contribution in [0.2, 0.25) is 0 Å². The zero-order valence-corrected chi connectivity index (χ0v) is 16.9. The van der Waals surface area contributed by atoms with E-state index in [0.717, 1.165) is 17.3 Å². The minimum absolute atomic E-state index is 0.189. The molecule has 29 heavy (non-hydrogen) atoms. The Morgan fingerprint density at radius 3 is 2.55 bits per heavy atom. The van der Waals surface area contributed by atoms with E-state index < -0.39 is 11.2 Å². The van der Waals surface area contributed by atoms with Crippen molar-refractivity contribution in [3.8, 4) is 0 Å². The molecule has 1 atom stereocenters. The summed E-state index contributed by atoms with van der Waals surface area (Å²) in [7, 11) is 1.26. The Kier molecular flexibility index (Phi) is 6.66. The van der Waals surface area contributed by atoms with Crippen LogP contribution in [0.15, 0.2) is 64.5 Å². The van der Waals surface area contributed by atoms with Crippen LogP contribution in [0.1, 0.15) is 12.5 Å². The van der Waals surface area contributed by atoms with Crippen LogP contribution in [0.4, 0.5) is 0 Å². The van der Waals surface area contributed by atoms with Gasteiger partial charge in [0.15, 0.2) is 5.16 Å². The van der Waals surface area contributed by atoms with Gasteiger partial charge in [-0.05, 0) is 24.6 Å². The smallest absolute Gasteiger partial charge is 0.325 e. The summed E-state index contributed by atoms with van der Waals surface area (Å²) in [6.45, 7) is 1.87. The van der Waals surface area contributed by atoms with Crippen molar-refractivity contribution in [3.05, 3.63) is 70.5 Å². The van der Waals surface area contributed by atoms with Crippen LogP contribution in [0, 0.1) is 0 Å². The summed E-state index contributed by atoms with van der Waals surface area (Å²) in [5.74, 6) is -0.752. The summed E-state index contributed by atoms with van der Waals surface area (Å²) < 4.78 is 5.95. The van der Waals surface area contributed by atoms with Gasteiger partial charge in [-0.2, -0.15) is 0 Å². The lowest BCUT2D eigenvalue weighted by Gasteiger charge is -2.16. The molecule has 0 unspecified atom stereocenters. The number of methoxy groups -OCH3 is 1. The van der Waals surface area contributed by atoms with E-state index in [0.29, 0.717) is 22.6 Å². The summed E-state index contributed by atoms with van der Waals surface area (Å²) in [5, 5.41) is 3.06. The molecule has 0 saturated carbocycles. The van der Waals surface area contributed by atoms with E-state index in [2.05, 4.69) is 10.3 Å². The number of nitrogens with zero attached hydrogens (tertiary/aromatic N) is 2. The van der Waals surface area contributed by atoms with Crippen molar-refractivity contribution < 1.29 is 14.3 Å². The lowest BCUT2D eigenvalue weighted by molar-refractivity contribution is -0.141. The monoisotopic (exact) mass is 411 g/mol. The fourth-order valence-electron chi connectivity index (χ4n) is 2.71. The predicted molar refractivity (Wildman–Crippen MR) is 112 cm³/mol. The Morgan fingerprint density at radius 1 is 1.14 bits per heavy atom. The topological polar surface area (TPSA) is 90.3 Å². The van der Waals surface area contributed by atoms with Gasteiger partial charge in [-0.25, -0.2) is 4.98 Å². The van der Waals surface area contributed by atoms with Crippen molar-refractivity contribution in [1.82, 2.24) is 14.9 Å². The maximum Gasteiger partial charge on any atom is 0.325 e. The fourth-order valence-corrected chi connectivity index (χ4v) is 3.64. The van der Waals surface area contributed by atoms with Crippen LogP contribution >= 0.6 is 11.8 Å². The molecule has 0 aliphatic carbocycles. The van der Waals surface area contributed by atoms with E-state index in [1.165, 1.54) is 11.7 Å². The SMILES string of the molecule is COC(=O)Cn1c(S[C@@H](C)C(=O)NCc2ccccc2)nc2ccccc2c1=O. The number of para-hydroxylation sites is 1. The molecule has 3 aromatic rings. The first-order chi connectivity index (χ1) is 14.0. The molecular formula is C21H21N3O4S. The zero-order valence-electron chi connectivity index (χ0n) is 16.1. The molecule has 0 fully saturated rings. The second kappa shape index (κ2) is 9.38. The van der Waals surface area contributed by atoms with Crippen molar-refractivity contribution >= 4 is 34.5 Å². The van der Waals surface area contributed by atoms with Crippen LogP contribution in [-0.2, 0) is 27.4 Å². The largest absolute Gasteiger partial charge is 0.468 e. The number of nitrogens with one attached hydrogen (secondary N) is 1. The number of carbonyl (C=O) groups is 2. The highest BCUT2D eigenvalue weighted by Crippen LogP contribution is 2.22. The average Bonchev–Trinajstić information content (AvgIpc) is 2.75. The molecule has 7 nitrogen and oxygen atoms in total. The number of carbonyl (C=O) groups excluding carboxylic acids is 2. The molecule has 1 aromatic heterocycles. The summed E-state index contributed by atoms with van der Waals surface area (Å²) in [6.07, 6.45) is 0. The van der Waals surface area contributed by atoms with E-state index in [9.17, 15) is 14.4 Å². The highest BCUT2D eigenvalue weighted by atomic mass is 32.2. The first kappa shape index (κ1) is 20.6. The number of rotatable bonds is 7. The van der Waals surface area contributed by atoms with E-state index >= 15 is 0 Å². The van der Waals surface area contributed by atoms with Crippen molar-refractivity contribution in [2.45, 2.75) is 30.4 Å². The fraction of sp³-hybridized carbons (Fsp3) is 0.238. The normalized spacial score (nSPS) is 11.8. The first-order valence-corrected chi connectivity index (χ1v) is 9.92. The molecule has 0 aliphatic rings. The van der Waals surface area contributed by atoms with E-state index in [-0.39, 0.29) is 18.0 Å². The van der Waals surface area contributed by atoms with Gasteiger partial charge in [0.25, 0.3) is 5.56 Å². The number of hydrogen-bond donors (Lipinski definition) is 1. The second-order valence-electron chi connectivity index (χ2n) is 6.34. The first-order valence-electron chi connectivity index (χ1n) is 9.04. The number of aromatic nitrogens is 2. The molecular weight excluding hydrogens is 390 g/mol. The van der Waals surface area contributed by atoms with Crippen molar-refractivity contribution in [2.24, 2.45) is 0 Å². The highest BCUT2D eigenvalue weighted by Gasteiger charge is 2.20. The summed E-state index contributed by atoms with van der Waals surface area (Å²) in [4.78, 5) is 41.7. The third-order valence-electron chi connectivity index (χ3n) is 4.30. The number of thioether (sulfide) groups is 1. The summed E-state index contributed by atoms with van der Waals surface area (Å²) in [6, 6.07) is 16.5. The van der Waals surface area contributed by atoms with Gasteiger partial charge in [0.2, 0.25) is 5.91 Å². The number of hydrogen-bond acceptors (Lipinski definition) is 6. The molecule has 8 heteroatoms. The van der Waals surface area contributed by atoms with Crippen LogP contribution in [0.25, 0.3) is 10.9 Å². The molecule has 1 amide bonds. The number of esters is 1. The Bertz CT molecular complexity index is 1080. The maximum absolute atomic E-state index is 12.9. The molecule has 0 saturated heterocycles. The highest BCUT2D eigenvalue weighted by molar-refractivity contribution is 8.00. The van der Waals surface area contributed by atoms with Crippen LogP contribution in [0.3, 0.4) is 0 Å². The van der Waals surface area contributed by atoms with Crippen LogP contribution in [-0.4, -0.2) is 33.8 Å². The van der Waals surface area contributed by atoms with Gasteiger partial charge >= 0.3 is 5.97 Å². The van der Waals surface area contributed by atoms with Crippen molar-refractivity contribution in [3.63, 3.8) is 0 Å². The lowest BCUT2D eigenvalue weighted by atomic mass is 10.2. The summed E-state index contributed by atoms with van der Waals surface area (Å²) in [5.41, 5.74) is 1.16. The Balaban J connectivity index is 1.83. The number of amides is 1. The number of fused-ring (bicyclic) bond motifs is 1. The molecule has 150 valence electrons. The Hall–Kier alpha value is -3.13. The minimum atomic E-state index is -0.563. The standard InChI is InChI=1S/C21H21N3O4S/c1-14(19(26)22-12-15-8-4-3-5-9-15)29-21-23-17-11-7-6-10-16(17)20(27)24(21)13-18(25)28-2/h3-11,14H,12-13H2,1-2H3,(H,22,26)/t14-/m0/s1. The average molecular weight is 411 g/mol. The molecule has 2 aromatic carbocycles. The van der Waals surface area contributed by atoms with Crippen molar-refractivity contribution in [1.29, 1.82) is 0 Å². The van der Waals surface area contributed by atoms with Gasteiger partial charge in [0.1, 0.15) is 6.54 Å². The third kappa shape index (κ3) is 5.03. The second-order valence-corrected chi connectivity index (χ2v) is 7.65. The number of benzene rings is 2. The molecule has 0 radical (unpaired) electrons. The van der Waals surface area contributed by atoms with Crippen molar-refractivity contribution in [2.75, 3.05) is 7.11 Å². The van der Waals surface area contributed by atoms with Crippen LogP contribution < -0.4 is 10.9 Å². The molecule has 1 heterocycles. The molecule has 0 aliphatic heterocycles. The van der Waals surface area contributed by atoms with Gasteiger partial charge in [-0.1, -0.05) is 54.2 Å². The summed E-state index contributed by atoms with van der Waals surface area (Å²) >= 11 is 1.13. The van der Waals surface area contributed by atoms with Gasteiger partial charge in [-0.3, -0.25) is 19.0 Å². The lowest BCUT2D eigenvalue weighted by Crippen LogP contribution is -2.32. The zero-order chi connectivity index (χ0) is 20.8. The molecule has 1 N–H and O–H groups in total. The number of ether oxygens (including phenoxy) is 1. The van der Waals surface area contributed by atoms with Gasteiger partial charge in [0.05, 0.1) is 23.3 Å². The Labute approximate surface area is 172 Å². The maximum atomic E-state index is 12.9. The van der Waals surface area contributed by atoms with E-state index in [1.807, 2.05) is 30.3 Å².